The molecule has 2 aliphatic heterocycles. The second-order valence-corrected chi connectivity index (χ2v) is 5.95. The van der Waals surface area contributed by atoms with Crippen LogP contribution in [0.4, 0.5) is 0 Å². The van der Waals surface area contributed by atoms with Crippen molar-refractivity contribution in [3.8, 4) is 5.75 Å². The van der Waals surface area contributed by atoms with Crippen LogP contribution < -0.4 is 4.74 Å². The van der Waals surface area contributed by atoms with Crippen molar-refractivity contribution in [2.75, 3.05) is 13.7 Å². The lowest BCUT2D eigenvalue weighted by Gasteiger charge is -2.25. The summed E-state index contributed by atoms with van der Waals surface area (Å²) in [4.78, 5) is 0. The van der Waals surface area contributed by atoms with Gasteiger partial charge in [-0.1, -0.05) is 12.1 Å². The average molecular weight is 310 g/mol. The summed E-state index contributed by atoms with van der Waals surface area (Å²) in [5, 5.41) is 9.45. The number of hydrogen-bond acceptors (Lipinski definition) is 6. The maximum absolute atomic E-state index is 9.45. The Morgan fingerprint density at radius 1 is 1.18 bits per heavy atom. The number of fused-ring (bicyclic) bond motifs is 1. The van der Waals surface area contributed by atoms with Crippen molar-refractivity contribution in [3.63, 3.8) is 0 Å². The van der Waals surface area contributed by atoms with Crippen LogP contribution in [0.15, 0.2) is 24.3 Å². The maximum atomic E-state index is 9.45. The van der Waals surface area contributed by atoms with E-state index >= 15 is 0 Å². The van der Waals surface area contributed by atoms with Crippen molar-refractivity contribution in [2.24, 2.45) is 0 Å². The lowest BCUT2D eigenvalue weighted by atomic mass is 10.1. The molecule has 0 spiro atoms. The van der Waals surface area contributed by atoms with Gasteiger partial charge in [-0.2, -0.15) is 0 Å². The first-order chi connectivity index (χ1) is 10.5. The molecule has 22 heavy (non-hydrogen) atoms. The van der Waals surface area contributed by atoms with E-state index in [0.29, 0.717) is 6.61 Å². The van der Waals surface area contributed by atoms with Crippen LogP contribution in [-0.2, 0) is 25.6 Å². The monoisotopic (exact) mass is 310 g/mol. The van der Waals surface area contributed by atoms with Gasteiger partial charge in [-0.25, -0.2) is 0 Å². The zero-order chi connectivity index (χ0) is 15.7. The van der Waals surface area contributed by atoms with Gasteiger partial charge in [-0.05, 0) is 31.5 Å². The molecule has 1 aromatic rings. The third kappa shape index (κ3) is 3.11. The highest BCUT2D eigenvalue weighted by atomic mass is 16.8. The largest absolute Gasteiger partial charge is 0.497 e. The Morgan fingerprint density at radius 2 is 1.91 bits per heavy atom. The maximum Gasteiger partial charge on any atom is 0.190 e. The molecule has 2 fully saturated rings. The van der Waals surface area contributed by atoms with Crippen LogP contribution >= 0.6 is 0 Å². The van der Waals surface area contributed by atoms with Gasteiger partial charge >= 0.3 is 0 Å². The smallest absolute Gasteiger partial charge is 0.190 e. The molecule has 1 aromatic carbocycles. The molecule has 3 rings (SSSR count). The summed E-state index contributed by atoms with van der Waals surface area (Å²) in [5.41, 5.74) is 1.01. The van der Waals surface area contributed by atoms with Gasteiger partial charge < -0.3 is 28.8 Å². The van der Waals surface area contributed by atoms with E-state index in [1.807, 2.05) is 38.1 Å². The molecular formula is C16H22O6. The summed E-state index contributed by atoms with van der Waals surface area (Å²) < 4.78 is 28.2. The van der Waals surface area contributed by atoms with Crippen LogP contribution in [0.25, 0.3) is 0 Å². The summed E-state index contributed by atoms with van der Waals surface area (Å²) in [6.07, 6.45) is -1.62. The fraction of sp³-hybridized carbons (Fsp3) is 0.625. The third-order valence-electron chi connectivity index (χ3n) is 3.87. The molecular weight excluding hydrogens is 288 g/mol. The van der Waals surface area contributed by atoms with Gasteiger partial charge in [0.2, 0.25) is 0 Å². The summed E-state index contributed by atoms with van der Waals surface area (Å²) >= 11 is 0. The van der Waals surface area contributed by atoms with Crippen molar-refractivity contribution in [2.45, 2.75) is 50.8 Å². The van der Waals surface area contributed by atoms with Crippen molar-refractivity contribution in [3.05, 3.63) is 29.8 Å². The summed E-state index contributed by atoms with van der Waals surface area (Å²) in [6.45, 7) is 3.95. The number of aliphatic hydroxyl groups is 1. The van der Waals surface area contributed by atoms with Crippen LogP contribution in [0.5, 0.6) is 5.75 Å². The minimum Gasteiger partial charge on any atom is -0.497 e. The topological polar surface area (TPSA) is 66.4 Å². The first kappa shape index (κ1) is 15.7. The molecule has 0 aliphatic carbocycles. The van der Waals surface area contributed by atoms with Gasteiger partial charge in [-0.15, -0.1) is 0 Å². The molecule has 0 saturated carbocycles. The van der Waals surface area contributed by atoms with E-state index in [1.165, 1.54) is 0 Å². The van der Waals surface area contributed by atoms with E-state index in [9.17, 15) is 5.11 Å². The number of rotatable bonds is 5. The van der Waals surface area contributed by atoms with Crippen LogP contribution in [0.2, 0.25) is 0 Å². The van der Waals surface area contributed by atoms with Crippen molar-refractivity contribution >= 4 is 0 Å². The SMILES string of the molecule is COc1ccc(CO[C@H]2[C@@H]3OC(C)(C)O[C@@H]3O[C@@H]2CO)cc1. The van der Waals surface area contributed by atoms with E-state index < -0.39 is 18.2 Å². The van der Waals surface area contributed by atoms with Crippen LogP contribution in [0, 0.1) is 0 Å². The summed E-state index contributed by atoms with van der Waals surface area (Å²) in [7, 11) is 1.63. The van der Waals surface area contributed by atoms with Crippen LogP contribution in [-0.4, -0.2) is 49.2 Å². The predicted octanol–water partition coefficient (Wildman–Crippen LogP) is 1.45. The number of benzene rings is 1. The molecule has 0 radical (unpaired) electrons. The lowest BCUT2D eigenvalue weighted by molar-refractivity contribution is -0.222. The second kappa shape index (κ2) is 6.14. The molecule has 0 amide bonds. The van der Waals surface area contributed by atoms with Crippen molar-refractivity contribution in [1.82, 2.24) is 0 Å². The Kier molecular flexibility index (Phi) is 4.38. The van der Waals surface area contributed by atoms with Gasteiger partial charge in [0.05, 0.1) is 20.3 Å². The van der Waals surface area contributed by atoms with Gasteiger partial charge in [0, 0.05) is 0 Å². The first-order valence-electron chi connectivity index (χ1n) is 7.39. The zero-order valence-electron chi connectivity index (χ0n) is 13.0. The minimum atomic E-state index is -0.697. The van der Waals surface area contributed by atoms with E-state index in [2.05, 4.69) is 0 Å². The Balaban J connectivity index is 1.64. The van der Waals surface area contributed by atoms with Gasteiger partial charge in [0.25, 0.3) is 0 Å². The predicted molar refractivity (Wildman–Crippen MR) is 77.4 cm³/mol. The molecule has 122 valence electrons. The number of hydrogen-bond donors (Lipinski definition) is 1. The van der Waals surface area contributed by atoms with Gasteiger partial charge in [0.1, 0.15) is 24.1 Å². The second-order valence-electron chi connectivity index (χ2n) is 5.95. The Morgan fingerprint density at radius 3 is 2.55 bits per heavy atom. The Labute approximate surface area is 129 Å². The first-order valence-corrected chi connectivity index (χ1v) is 7.39. The fourth-order valence-corrected chi connectivity index (χ4v) is 2.81. The Bertz CT molecular complexity index is 500. The van der Waals surface area contributed by atoms with Crippen molar-refractivity contribution < 1.29 is 28.8 Å². The molecule has 6 heteroatoms. The molecule has 4 atom stereocenters. The van der Waals surface area contributed by atoms with E-state index in [1.54, 1.807) is 7.11 Å². The van der Waals surface area contributed by atoms with E-state index in [-0.39, 0.29) is 18.8 Å². The molecule has 2 saturated heterocycles. The summed E-state index contributed by atoms with van der Waals surface area (Å²) in [6, 6.07) is 7.65. The molecule has 2 heterocycles. The highest BCUT2D eigenvalue weighted by Crippen LogP contribution is 2.38. The zero-order valence-corrected chi connectivity index (χ0v) is 13.0. The molecule has 1 N–H and O–H groups in total. The number of methoxy groups -OCH3 is 1. The van der Waals surface area contributed by atoms with Crippen LogP contribution in [0.1, 0.15) is 19.4 Å². The summed E-state index contributed by atoms with van der Waals surface area (Å²) in [5.74, 6) is 0.104. The standard InChI is InChI=1S/C16H22O6/c1-16(2)21-14-13(12(8-17)20-15(14)22-16)19-9-10-4-6-11(18-3)7-5-10/h4-7,12-15,17H,8-9H2,1-3H3/t12-,13-,14+,15+/m1/s1. The van der Waals surface area contributed by atoms with E-state index in [4.69, 9.17) is 23.7 Å². The van der Waals surface area contributed by atoms with E-state index in [0.717, 1.165) is 11.3 Å². The highest BCUT2D eigenvalue weighted by molar-refractivity contribution is 5.26. The molecule has 0 unspecified atom stereocenters. The highest BCUT2D eigenvalue weighted by Gasteiger charge is 2.55. The lowest BCUT2D eigenvalue weighted by Crippen LogP contribution is -2.38. The van der Waals surface area contributed by atoms with Crippen LogP contribution in [0.3, 0.4) is 0 Å². The average Bonchev–Trinajstić information content (AvgIpc) is 2.97. The van der Waals surface area contributed by atoms with Crippen molar-refractivity contribution in [1.29, 1.82) is 0 Å². The molecule has 6 nitrogen and oxygen atoms in total. The van der Waals surface area contributed by atoms with Gasteiger partial charge in [-0.3, -0.25) is 0 Å². The van der Waals surface area contributed by atoms with Gasteiger partial charge in [0.15, 0.2) is 12.1 Å². The quantitative estimate of drug-likeness (QED) is 0.888. The third-order valence-corrected chi connectivity index (χ3v) is 3.87. The number of aliphatic hydroxyl groups excluding tert-OH is 1. The Hall–Kier alpha value is -1.18. The molecule has 0 bridgehead atoms. The minimum absolute atomic E-state index is 0.132. The fourth-order valence-electron chi connectivity index (χ4n) is 2.81. The number of ether oxygens (including phenoxy) is 5. The normalized spacial score (nSPS) is 32.9. The molecule has 0 aromatic heterocycles. The molecule has 2 aliphatic rings.